The third-order valence-corrected chi connectivity index (χ3v) is 1.36. The van der Waals surface area contributed by atoms with E-state index in [1.54, 1.807) is 0 Å². The van der Waals surface area contributed by atoms with Crippen molar-refractivity contribution in [1.82, 2.24) is 15.3 Å². The van der Waals surface area contributed by atoms with Crippen LogP contribution in [0.15, 0.2) is 12.5 Å². The lowest BCUT2D eigenvalue weighted by Crippen LogP contribution is -2.41. The lowest BCUT2D eigenvalue weighted by Gasteiger charge is -2.11. The summed E-state index contributed by atoms with van der Waals surface area (Å²) in [7, 11) is 0. The van der Waals surface area contributed by atoms with Crippen LogP contribution in [0.4, 0.5) is 0 Å². The van der Waals surface area contributed by atoms with Gasteiger partial charge in [-0.3, -0.25) is 4.79 Å². The van der Waals surface area contributed by atoms with Crippen molar-refractivity contribution in [2.45, 2.75) is 19.3 Å². The van der Waals surface area contributed by atoms with E-state index in [2.05, 4.69) is 9.97 Å². The number of aromatic nitrogens is 2. The molecule has 14 heavy (non-hydrogen) atoms. The predicted molar refractivity (Wildman–Crippen MR) is 47.5 cm³/mol. The average molecular weight is 199 g/mol. The van der Waals surface area contributed by atoms with E-state index in [9.17, 15) is 9.59 Å². The van der Waals surface area contributed by atoms with Crippen molar-refractivity contribution < 1.29 is 17.4 Å². The standard InChI is InChI=1S/C8H11N3O3/c1-5(12)11-7(8(13)14)2-6-3-9-4-10-6/h3-4,7H,2H2,1H3,(H,9,10)(H,11,12)(H,13,14)/t7-/m0/s1/i2D,7D/t2-,7-. The summed E-state index contributed by atoms with van der Waals surface area (Å²) in [6, 6.07) is -2.43. The molecule has 3 N–H and O–H groups in total. The number of nitrogens with zero attached hydrogens (tertiary/aromatic N) is 1. The smallest absolute Gasteiger partial charge is 0.326 e. The maximum absolute atomic E-state index is 10.9. The zero-order valence-corrected chi connectivity index (χ0v) is 7.44. The summed E-state index contributed by atoms with van der Waals surface area (Å²) in [5.41, 5.74) is 0.145. The Kier molecular flexibility index (Phi) is 2.37. The minimum absolute atomic E-state index is 0.145. The Labute approximate surface area is 83.2 Å². The van der Waals surface area contributed by atoms with Gasteiger partial charge in [-0.25, -0.2) is 9.78 Å². The second-order valence-electron chi connectivity index (χ2n) is 2.55. The molecule has 0 saturated carbocycles. The molecule has 0 spiro atoms. The van der Waals surface area contributed by atoms with Crippen LogP contribution in [0.3, 0.4) is 0 Å². The van der Waals surface area contributed by atoms with Crippen LogP contribution in [0.25, 0.3) is 0 Å². The quantitative estimate of drug-likeness (QED) is 0.611. The van der Waals surface area contributed by atoms with Crippen molar-refractivity contribution in [2.24, 2.45) is 0 Å². The Morgan fingerprint density at radius 2 is 2.64 bits per heavy atom. The first kappa shape index (κ1) is 7.54. The van der Waals surface area contributed by atoms with Crippen molar-refractivity contribution in [1.29, 1.82) is 0 Å². The highest BCUT2D eigenvalue weighted by Crippen LogP contribution is 1.98. The van der Waals surface area contributed by atoms with Crippen molar-refractivity contribution in [3.05, 3.63) is 18.2 Å². The van der Waals surface area contributed by atoms with Crippen molar-refractivity contribution in [2.75, 3.05) is 0 Å². The van der Waals surface area contributed by atoms with Gasteiger partial charge < -0.3 is 15.4 Å². The van der Waals surface area contributed by atoms with Gasteiger partial charge in [0.1, 0.15) is 6.02 Å². The van der Waals surface area contributed by atoms with Gasteiger partial charge >= 0.3 is 5.97 Å². The number of carbonyl (C=O) groups is 2. The molecule has 0 bridgehead atoms. The van der Waals surface area contributed by atoms with E-state index in [0.717, 1.165) is 6.92 Å². The number of aromatic amines is 1. The molecule has 0 aliphatic heterocycles. The maximum atomic E-state index is 10.9. The first-order valence-corrected chi connectivity index (χ1v) is 3.80. The molecular weight excluding hydrogens is 186 g/mol. The monoisotopic (exact) mass is 199 g/mol. The van der Waals surface area contributed by atoms with E-state index in [0.29, 0.717) is 0 Å². The number of hydrogen-bond acceptors (Lipinski definition) is 3. The van der Waals surface area contributed by atoms with Crippen LogP contribution in [0, 0.1) is 0 Å². The molecule has 1 heterocycles. The number of amides is 1. The van der Waals surface area contributed by atoms with Gasteiger partial charge in [-0.2, -0.15) is 0 Å². The fourth-order valence-electron chi connectivity index (χ4n) is 0.842. The Bertz CT molecular complexity index is 395. The van der Waals surface area contributed by atoms with E-state index in [4.69, 9.17) is 7.85 Å². The van der Waals surface area contributed by atoms with E-state index in [-0.39, 0.29) is 5.69 Å². The minimum Gasteiger partial charge on any atom is -0.480 e. The van der Waals surface area contributed by atoms with Crippen LogP contribution in [-0.4, -0.2) is 33.0 Å². The maximum Gasteiger partial charge on any atom is 0.326 e. The van der Waals surface area contributed by atoms with Gasteiger partial charge in [0.05, 0.1) is 7.70 Å². The number of hydrogen-bond donors (Lipinski definition) is 3. The van der Waals surface area contributed by atoms with Gasteiger partial charge in [-0.05, 0) is 0 Å². The van der Waals surface area contributed by atoms with Gasteiger partial charge in [0.15, 0.2) is 0 Å². The number of nitrogens with one attached hydrogen (secondary N) is 2. The molecule has 0 saturated heterocycles. The molecule has 0 aliphatic rings. The van der Waals surface area contributed by atoms with Gasteiger partial charge in [-0.1, -0.05) is 0 Å². The predicted octanol–water partition coefficient (Wildman–Crippen LogP) is -0.459. The SMILES string of the molecule is [2H][C@@H](c1cnc[nH]1)[C@]([2H])(NC(C)=O)C(=O)O. The number of carboxylic acids is 1. The average Bonchev–Trinajstić information content (AvgIpc) is 2.67. The second kappa shape index (κ2) is 4.40. The number of carbonyl (C=O) groups excluding carboxylic acids is 1. The Morgan fingerprint density at radius 1 is 1.93 bits per heavy atom. The van der Waals surface area contributed by atoms with E-state index in [1.807, 2.05) is 5.32 Å². The summed E-state index contributed by atoms with van der Waals surface area (Å²) in [4.78, 5) is 27.9. The molecular formula is C8H11N3O3. The van der Waals surface area contributed by atoms with E-state index in [1.165, 1.54) is 12.5 Å². The zero-order chi connectivity index (χ0) is 12.3. The van der Waals surface area contributed by atoms with Crippen LogP contribution in [0.2, 0.25) is 0 Å². The van der Waals surface area contributed by atoms with Crippen LogP contribution >= 0.6 is 0 Å². The third kappa shape index (κ3) is 2.89. The second-order valence-corrected chi connectivity index (χ2v) is 2.55. The molecule has 1 amide bonds. The molecule has 6 nitrogen and oxygen atoms in total. The summed E-state index contributed by atoms with van der Waals surface area (Å²) in [5, 5.41) is 10.8. The number of aliphatic carboxylic acids is 1. The minimum atomic E-state index is -2.43. The Hall–Kier alpha value is -1.85. The summed E-state index contributed by atoms with van der Waals surface area (Å²) in [6.07, 6.45) is 1.02. The van der Waals surface area contributed by atoms with Gasteiger partial charge in [-0.15, -0.1) is 0 Å². The lowest BCUT2D eigenvalue weighted by atomic mass is 10.1. The normalized spacial score (nSPS) is 18.6. The number of carboxylic acid groups (broad SMARTS) is 1. The Balaban J connectivity index is 3.02. The highest BCUT2D eigenvalue weighted by molar-refractivity contribution is 5.82. The first-order valence-electron chi connectivity index (χ1n) is 4.88. The molecule has 6 heteroatoms. The molecule has 1 aromatic rings. The van der Waals surface area contributed by atoms with Crippen molar-refractivity contribution >= 4 is 11.9 Å². The highest BCUT2D eigenvalue weighted by Gasteiger charge is 2.18. The van der Waals surface area contributed by atoms with Crippen LogP contribution in [0.1, 0.15) is 15.4 Å². The molecule has 0 unspecified atom stereocenters. The van der Waals surface area contributed by atoms with Gasteiger partial charge in [0, 0.05) is 26.6 Å². The first-order chi connectivity index (χ1) is 7.38. The van der Waals surface area contributed by atoms with Crippen molar-refractivity contribution in [3.63, 3.8) is 0 Å². The topological polar surface area (TPSA) is 95.1 Å². The third-order valence-electron chi connectivity index (χ3n) is 1.36. The summed E-state index contributed by atoms with van der Waals surface area (Å²) in [6.45, 7) is 1.09. The molecule has 0 radical (unpaired) electrons. The fraction of sp³-hybridized carbons (Fsp3) is 0.375. The zero-order valence-electron chi connectivity index (χ0n) is 9.44. The molecule has 2 atom stereocenters. The molecule has 1 aromatic heterocycles. The lowest BCUT2D eigenvalue weighted by molar-refractivity contribution is -0.141. The van der Waals surface area contributed by atoms with Crippen LogP contribution in [0.5, 0.6) is 0 Å². The van der Waals surface area contributed by atoms with Crippen molar-refractivity contribution in [3.8, 4) is 0 Å². The summed E-state index contributed by atoms with van der Waals surface area (Å²) in [5.74, 6) is -2.29. The van der Waals surface area contributed by atoms with Gasteiger partial charge in [0.25, 0.3) is 0 Å². The van der Waals surface area contributed by atoms with Gasteiger partial charge in [0.2, 0.25) is 5.91 Å². The van der Waals surface area contributed by atoms with E-state index >= 15 is 0 Å². The molecule has 0 aromatic carbocycles. The number of imidazole rings is 1. The molecule has 1 rings (SSSR count). The largest absolute Gasteiger partial charge is 0.480 e. The molecule has 76 valence electrons. The Morgan fingerprint density at radius 3 is 3.07 bits per heavy atom. The number of H-pyrrole nitrogens is 1. The summed E-state index contributed by atoms with van der Waals surface area (Å²) >= 11 is 0. The number of rotatable bonds is 4. The van der Waals surface area contributed by atoms with Crippen LogP contribution < -0.4 is 5.32 Å². The highest BCUT2D eigenvalue weighted by atomic mass is 16.4. The summed E-state index contributed by atoms with van der Waals surface area (Å²) < 4.78 is 15.3. The van der Waals surface area contributed by atoms with E-state index < -0.39 is 24.3 Å². The molecule has 0 aliphatic carbocycles. The van der Waals surface area contributed by atoms with Crippen LogP contribution in [-0.2, 0) is 16.0 Å². The fourth-order valence-corrected chi connectivity index (χ4v) is 0.842. The molecule has 0 fully saturated rings.